The molecule has 0 bridgehead atoms. The summed E-state index contributed by atoms with van der Waals surface area (Å²) in [6.07, 6.45) is 13.5. The molecular weight excluding hydrogens is 272 g/mol. The van der Waals surface area contributed by atoms with E-state index in [0.717, 1.165) is 44.9 Å². The van der Waals surface area contributed by atoms with Crippen LogP contribution in [0.3, 0.4) is 0 Å². The minimum atomic E-state index is -3.30. The van der Waals surface area contributed by atoms with Crippen molar-refractivity contribution in [2.45, 2.75) is 70.3 Å². The van der Waals surface area contributed by atoms with E-state index in [-0.39, 0.29) is 6.04 Å². The molecule has 1 N–H and O–H groups in total. The maximum Gasteiger partial charge on any atom is 0.279 e. The van der Waals surface area contributed by atoms with Crippen LogP contribution in [0, 0.1) is 0 Å². The Balaban J connectivity index is 1.78. The third-order valence-electron chi connectivity index (χ3n) is 4.58. The topological polar surface area (TPSA) is 49.4 Å². The van der Waals surface area contributed by atoms with Crippen molar-refractivity contribution >= 4 is 10.2 Å². The van der Waals surface area contributed by atoms with Gasteiger partial charge in [0.05, 0.1) is 0 Å². The monoisotopic (exact) mass is 300 g/mol. The fraction of sp³-hybridized carbons (Fsp3) is 0.867. The lowest BCUT2D eigenvalue weighted by Crippen LogP contribution is -2.45. The Kier molecular flexibility index (Phi) is 6.05. The molecule has 0 amide bonds. The molecule has 4 nitrogen and oxygen atoms in total. The highest BCUT2D eigenvalue weighted by Gasteiger charge is 2.27. The molecular formula is C15H28N2O2S. The molecule has 0 spiro atoms. The summed E-state index contributed by atoms with van der Waals surface area (Å²) in [5.41, 5.74) is 1.42. The molecule has 0 aliphatic heterocycles. The summed E-state index contributed by atoms with van der Waals surface area (Å²) in [4.78, 5) is 0. The van der Waals surface area contributed by atoms with Crippen molar-refractivity contribution in [2.24, 2.45) is 0 Å². The Morgan fingerprint density at radius 3 is 2.60 bits per heavy atom. The van der Waals surface area contributed by atoms with E-state index in [0.29, 0.717) is 6.54 Å². The largest absolute Gasteiger partial charge is 0.279 e. The van der Waals surface area contributed by atoms with Gasteiger partial charge in [0.1, 0.15) is 0 Å². The van der Waals surface area contributed by atoms with Crippen LogP contribution in [0.15, 0.2) is 11.6 Å². The van der Waals surface area contributed by atoms with Crippen LogP contribution < -0.4 is 4.72 Å². The van der Waals surface area contributed by atoms with Crippen LogP contribution in [-0.2, 0) is 10.2 Å². The van der Waals surface area contributed by atoms with Gasteiger partial charge in [-0.15, -0.1) is 0 Å². The number of nitrogens with one attached hydrogen (secondary N) is 1. The molecule has 0 heterocycles. The number of rotatable bonds is 6. The zero-order chi connectivity index (χ0) is 14.4. The second-order valence-electron chi connectivity index (χ2n) is 6.07. The second-order valence-corrected chi connectivity index (χ2v) is 7.88. The van der Waals surface area contributed by atoms with E-state index in [1.165, 1.54) is 24.8 Å². The van der Waals surface area contributed by atoms with Gasteiger partial charge in [-0.25, -0.2) is 4.72 Å². The van der Waals surface area contributed by atoms with Gasteiger partial charge in [0.25, 0.3) is 10.2 Å². The average molecular weight is 300 g/mol. The van der Waals surface area contributed by atoms with E-state index in [2.05, 4.69) is 10.8 Å². The SMILES string of the molecule is CN(C1CCCCC1)S(=O)(=O)NCCC1=CCCCC1. The van der Waals surface area contributed by atoms with Crippen LogP contribution >= 0.6 is 0 Å². The van der Waals surface area contributed by atoms with Gasteiger partial charge in [-0.3, -0.25) is 0 Å². The third kappa shape index (κ3) is 4.57. The fourth-order valence-electron chi connectivity index (χ4n) is 3.21. The van der Waals surface area contributed by atoms with Crippen molar-refractivity contribution in [1.29, 1.82) is 0 Å². The highest BCUT2D eigenvalue weighted by molar-refractivity contribution is 7.87. The minimum absolute atomic E-state index is 0.190. The van der Waals surface area contributed by atoms with Crippen molar-refractivity contribution in [2.75, 3.05) is 13.6 Å². The first-order chi connectivity index (χ1) is 9.59. The van der Waals surface area contributed by atoms with Gasteiger partial charge in [-0.2, -0.15) is 12.7 Å². The highest BCUT2D eigenvalue weighted by Crippen LogP contribution is 2.23. The van der Waals surface area contributed by atoms with E-state index >= 15 is 0 Å². The fourth-order valence-corrected chi connectivity index (χ4v) is 4.38. The van der Waals surface area contributed by atoms with Gasteiger partial charge in [0, 0.05) is 19.6 Å². The quantitative estimate of drug-likeness (QED) is 0.767. The maximum atomic E-state index is 12.3. The number of nitrogens with zero attached hydrogens (tertiary/aromatic N) is 1. The van der Waals surface area contributed by atoms with Crippen LogP contribution in [0.5, 0.6) is 0 Å². The van der Waals surface area contributed by atoms with Crippen LogP contribution in [0.4, 0.5) is 0 Å². The molecule has 2 aliphatic rings. The molecule has 1 saturated carbocycles. The molecule has 1 fully saturated rings. The van der Waals surface area contributed by atoms with Crippen molar-refractivity contribution in [1.82, 2.24) is 9.03 Å². The Morgan fingerprint density at radius 1 is 1.20 bits per heavy atom. The lowest BCUT2D eigenvalue weighted by atomic mass is 9.96. The Hall–Kier alpha value is -0.390. The van der Waals surface area contributed by atoms with Gasteiger partial charge in [0.15, 0.2) is 0 Å². The zero-order valence-corrected chi connectivity index (χ0v) is 13.4. The highest BCUT2D eigenvalue weighted by atomic mass is 32.2. The van der Waals surface area contributed by atoms with Gasteiger partial charge >= 0.3 is 0 Å². The van der Waals surface area contributed by atoms with Crippen molar-refractivity contribution in [3.8, 4) is 0 Å². The second kappa shape index (κ2) is 7.57. The summed E-state index contributed by atoms with van der Waals surface area (Å²) < 4.78 is 28.9. The summed E-state index contributed by atoms with van der Waals surface area (Å²) >= 11 is 0. The van der Waals surface area contributed by atoms with Crippen LogP contribution in [0.2, 0.25) is 0 Å². The van der Waals surface area contributed by atoms with E-state index in [1.807, 2.05) is 0 Å². The summed E-state index contributed by atoms with van der Waals surface area (Å²) in [5, 5.41) is 0. The van der Waals surface area contributed by atoms with Crippen molar-refractivity contribution < 1.29 is 8.42 Å². The molecule has 0 atom stereocenters. The summed E-state index contributed by atoms with van der Waals surface area (Å²) in [6, 6.07) is 0.190. The number of hydrogen-bond donors (Lipinski definition) is 1. The summed E-state index contributed by atoms with van der Waals surface area (Å²) in [5.74, 6) is 0. The molecule has 0 unspecified atom stereocenters. The molecule has 5 heteroatoms. The van der Waals surface area contributed by atoms with Crippen molar-refractivity contribution in [3.63, 3.8) is 0 Å². The summed E-state index contributed by atoms with van der Waals surface area (Å²) in [7, 11) is -1.58. The first kappa shape index (κ1) is 16.0. The Bertz CT molecular complexity index is 425. The number of hydrogen-bond acceptors (Lipinski definition) is 2. The van der Waals surface area contributed by atoms with Gasteiger partial charge in [-0.05, 0) is 44.9 Å². The van der Waals surface area contributed by atoms with Crippen LogP contribution in [-0.4, -0.2) is 32.4 Å². The van der Waals surface area contributed by atoms with Gasteiger partial charge in [0.2, 0.25) is 0 Å². The van der Waals surface area contributed by atoms with E-state index < -0.39 is 10.2 Å². The molecule has 0 aromatic carbocycles. The standard InChI is InChI=1S/C15H28N2O2S/c1-17(15-10-6-3-7-11-15)20(18,19)16-13-12-14-8-4-2-5-9-14/h8,15-16H,2-7,9-13H2,1H3. The van der Waals surface area contributed by atoms with Gasteiger partial charge in [-0.1, -0.05) is 30.9 Å². The maximum absolute atomic E-state index is 12.3. The molecule has 20 heavy (non-hydrogen) atoms. The molecule has 116 valence electrons. The predicted octanol–water partition coefficient (Wildman–Crippen LogP) is 2.98. The van der Waals surface area contributed by atoms with Crippen LogP contribution in [0.1, 0.15) is 64.2 Å². The molecule has 2 aliphatic carbocycles. The normalized spacial score (nSPS) is 22.0. The average Bonchev–Trinajstić information content (AvgIpc) is 2.48. The first-order valence-corrected chi connectivity index (χ1v) is 9.44. The van der Waals surface area contributed by atoms with Crippen molar-refractivity contribution in [3.05, 3.63) is 11.6 Å². The van der Waals surface area contributed by atoms with Crippen LogP contribution in [0.25, 0.3) is 0 Å². The number of allylic oxidation sites excluding steroid dienone is 1. The van der Waals surface area contributed by atoms with E-state index in [1.54, 1.807) is 11.4 Å². The smallest absolute Gasteiger partial charge is 0.202 e. The molecule has 0 radical (unpaired) electrons. The molecule has 2 rings (SSSR count). The molecule has 0 aromatic rings. The minimum Gasteiger partial charge on any atom is -0.202 e. The summed E-state index contributed by atoms with van der Waals surface area (Å²) in [6.45, 7) is 0.533. The Morgan fingerprint density at radius 2 is 1.95 bits per heavy atom. The van der Waals surface area contributed by atoms with Gasteiger partial charge < -0.3 is 0 Å². The van der Waals surface area contributed by atoms with E-state index in [4.69, 9.17) is 0 Å². The Labute approximate surface area is 123 Å². The molecule has 0 aromatic heterocycles. The predicted molar refractivity (Wildman–Crippen MR) is 82.7 cm³/mol. The molecule has 0 saturated heterocycles. The lowest BCUT2D eigenvalue weighted by Gasteiger charge is -2.30. The zero-order valence-electron chi connectivity index (χ0n) is 12.6. The van der Waals surface area contributed by atoms with E-state index in [9.17, 15) is 8.42 Å². The first-order valence-electron chi connectivity index (χ1n) is 8.00. The third-order valence-corrected chi connectivity index (χ3v) is 6.21. The lowest BCUT2D eigenvalue weighted by molar-refractivity contribution is 0.283.